The summed E-state index contributed by atoms with van der Waals surface area (Å²) >= 11 is 0. The van der Waals surface area contributed by atoms with Crippen LogP contribution in [0.5, 0.6) is 0 Å². The molecule has 0 heterocycles. The minimum atomic E-state index is -0.399. The van der Waals surface area contributed by atoms with Gasteiger partial charge in [-0.1, -0.05) is 72.8 Å². The number of aryl methyl sites for hydroxylation is 2. The molecule has 1 amide bonds. The van der Waals surface area contributed by atoms with Gasteiger partial charge in [-0.25, -0.2) is 5.43 Å². The number of hydrogen-bond donors (Lipinski definition) is 1. The third-order valence-electron chi connectivity index (χ3n) is 4.79. The SMILES string of the molecule is C/C(=N/NC(=O)C(c1ccccc1)c1ccccc1)c1ccc(C)c(C)c1. The Kier molecular flexibility index (Phi) is 5.82. The first-order chi connectivity index (χ1) is 13.1. The van der Waals surface area contributed by atoms with Crippen molar-refractivity contribution < 1.29 is 4.79 Å². The fraction of sp³-hybridized carbons (Fsp3) is 0.167. The normalized spacial score (nSPS) is 11.5. The van der Waals surface area contributed by atoms with Gasteiger partial charge in [-0.15, -0.1) is 0 Å². The molecule has 1 N–H and O–H groups in total. The highest BCUT2D eigenvalue weighted by Gasteiger charge is 2.22. The molecule has 0 unspecified atom stereocenters. The largest absolute Gasteiger partial charge is 0.272 e. The molecule has 3 heteroatoms. The minimum Gasteiger partial charge on any atom is -0.272 e. The summed E-state index contributed by atoms with van der Waals surface area (Å²) < 4.78 is 0. The van der Waals surface area contributed by atoms with Crippen LogP contribution in [0.1, 0.15) is 40.7 Å². The van der Waals surface area contributed by atoms with Crippen LogP contribution in [0.3, 0.4) is 0 Å². The van der Waals surface area contributed by atoms with Crippen LogP contribution in [0.2, 0.25) is 0 Å². The Bertz CT molecular complexity index is 907. The highest BCUT2D eigenvalue weighted by Crippen LogP contribution is 2.24. The predicted molar refractivity (Wildman–Crippen MR) is 111 cm³/mol. The van der Waals surface area contributed by atoms with Gasteiger partial charge in [0.15, 0.2) is 0 Å². The summed E-state index contributed by atoms with van der Waals surface area (Å²) in [5, 5.41) is 4.35. The van der Waals surface area contributed by atoms with Crippen molar-refractivity contribution in [2.24, 2.45) is 5.10 Å². The molecule has 0 atom stereocenters. The van der Waals surface area contributed by atoms with Crippen molar-refractivity contribution >= 4 is 11.6 Å². The standard InChI is InChI=1S/C24H24N2O/c1-17-14-15-22(16-18(17)2)19(3)25-26-24(27)23(20-10-6-4-7-11-20)21-12-8-5-9-13-21/h4-16,23H,1-3H3,(H,26,27)/b25-19-. The van der Waals surface area contributed by atoms with E-state index in [0.717, 1.165) is 22.4 Å². The molecule has 0 fully saturated rings. The first-order valence-corrected chi connectivity index (χ1v) is 9.08. The molecule has 27 heavy (non-hydrogen) atoms. The predicted octanol–water partition coefficient (Wildman–Crippen LogP) is 4.98. The second-order valence-electron chi connectivity index (χ2n) is 6.73. The van der Waals surface area contributed by atoms with E-state index in [2.05, 4.69) is 36.5 Å². The molecule has 0 saturated heterocycles. The zero-order chi connectivity index (χ0) is 19.2. The highest BCUT2D eigenvalue weighted by atomic mass is 16.2. The maximum Gasteiger partial charge on any atom is 0.252 e. The lowest BCUT2D eigenvalue weighted by atomic mass is 9.91. The van der Waals surface area contributed by atoms with Crippen molar-refractivity contribution in [3.05, 3.63) is 107 Å². The summed E-state index contributed by atoms with van der Waals surface area (Å²) in [6, 6.07) is 25.8. The molecule has 0 bridgehead atoms. The van der Waals surface area contributed by atoms with Crippen LogP contribution >= 0.6 is 0 Å². The van der Waals surface area contributed by atoms with Crippen molar-refractivity contribution in [1.82, 2.24) is 5.43 Å². The summed E-state index contributed by atoms with van der Waals surface area (Å²) in [4.78, 5) is 13.0. The second kappa shape index (κ2) is 8.45. The average molecular weight is 356 g/mol. The number of carbonyl (C=O) groups is 1. The number of amides is 1. The van der Waals surface area contributed by atoms with Crippen molar-refractivity contribution in [3.8, 4) is 0 Å². The van der Waals surface area contributed by atoms with Gasteiger partial charge < -0.3 is 0 Å². The maximum absolute atomic E-state index is 13.0. The van der Waals surface area contributed by atoms with Gasteiger partial charge in [0.25, 0.3) is 5.91 Å². The second-order valence-corrected chi connectivity index (χ2v) is 6.73. The van der Waals surface area contributed by atoms with Crippen molar-refractivity contribution in [3.63, 3.8) is 0 Å². The van der Waals surface area contributed by atoms with E-state index < -0.39 is 5.92 Å². The van der Waals surface area contributed by atoms with Crippen LogP contribution in [0, 0.1) is 13.8 Å². The summed E-state index contributed by atoms with van der Waals surface area (Å²) in [7, 11) is 0. The molecule has 136 valence electrons. The fourth-order valence-corrected chi connectivity index (χ4v) is 3.02. The third kappa shape index (κ3) is 4.50. The molecule has 3 aromatic rings. The Morgan fingerprint density at radius 2 is 1.37 bits per heavy atom. The van der Waals surface area contributed by atoms with Crippen LogP contribution in [0.4, 0.5) is 0 Å². The van der Waals surface area contributed by atoms with Gasteiger partial charge in [-0.2, -0.15) is 5.10 Å². The van der Waals surface area contributed by atoms with Gasteiger partial charge in [0.2, 0.25) is 0 Å². The fourth-order valence-electron chi connectivity index (χ4n) is 3.02. The molecule has 0 aliphatic rings. The maximum atomic E-state index is 13.0. The molecule has 3 aromatic carbocycles. The Hall–Kier alpha value is -3.20. The van der Waals surface area contributed by atoms with E-state index in [4.69, 9.17) is 0 Å². The molecule has 0 radical (unpaired) electrons. The minimum absolute atomic E-state index is 0.143. The van der Waals surface area contributed by atoms with Crippen molar-refractivity contribution in [2.45, 2.75) is 26.7 Å². The van der Waals surface area contributed by atoms with Crippen LogP contribution < -0.4 is 5.43 Å². The Morgan fingerprint density at radius 1 is 0.815 bits per heavy atom. The number of hydrogen-bond acceptors (Lipinski definition) is 2. The van der Waals surface area contributed by atoms with Gasteiger partial charge in [0, 0.05) is 0 Å². The monoisotopic (exact) mass is 356 g/mol. The van der Waals surface area contributed by atoms with Gasteiger partial charge in [-0.3, -0.25) is 4.79 Å². The van der Waals surface area contributed by atoms with Gasteiger partial charge in [0.1, 0.15) is 0 Å². The summed E-state index contributed by atoms with van der Waals surface area (Å²) in [5.41, 5.74) is 8.89. The number of carbonyl (C=O) groups excluding carboxylic acids is 1. The van der Waals surface area contributed by atoms with Crippen LogP contribution in [0.25, 0.3) is 0 Å². The Labute approximate surface area is 160 Å². The Balaban J connectivity index is 1.85. The van der Waals surface area contributed by atoms with Gasteiger partial charge in [-0.05, 0) is 54.7 Å². The smallest absolute Gasteiger partial charge is 0.252 e. The quantitative estimate of drug-likeness (QED) is 0.509. The Morgan fingerprint density at radius 3 is 1.89 bits per heavy atom. The molecule has 0 saturated carbocycles. The molecule has 0 aromatic heterocycles. The van der Waals surface area contributed by atoms with Crippen LogP contribution in [0.15, 0.2) is 84.0 Å². The molecule has 3 nitrogen and oxygen atoms in total. The topological polar surface area (TPSA) is 41.5 Å². The van der Waals surface area contributed by atoms with E-state index >= 15 is 0 Å². The number of nitrogens with one attached hydrogen (secondary N) is 1. The van der Waals surface area contributed by atoms with Gasteiger partial charge >= 0.3 is 0 Å². The van der Waals surface area contributed by atoms with E-state index in [0.29, 0.717) is 0 Å². The molecular formula is C24H24N2O. The lowest BCUT2D eigenvalue weighted by Crippen LogP contribution is -2.27. The number of hydrazone groups is 1. The molecular weight excluding hydrogens is 332 g/mol. The van der Waals surface area contributed by atoms with E-state index in [1.807, 2.05) is 73.7 Å². The number of benzene rings is 3. The molecule has 0 aliphatic carbocycles. The lowest BCUT2D eigenvalue weighted by Gasteiger charge is -2.16. The number of rotatable bonds is 5. The molecule has 3 rings (SSSR count). The molecule has 0 aliphatic heterocycles. The van der Waals surface area contributed by atoms with E-state index in [-0.39, 0.29) is 5.91 Å². The van der Waals surface area contributed by atoms with Crippen LogP contribution in [-0.2, 0) is 4.79 Å². The highest BCUT2D eigenvalue weighted by molar-refractivity contribution is 6.00. The van der Waals surface area contributed by atoms with E-state index in [1.54, 1.807) is 0 Å². The summed E-state index contributed by atoms with van der Waals surface area (Å²) in [6.45, 7) is 6.06. The third-order valence-corrected chi connectivity index (χ3v) is 4.79. The lowest BCUT2D eigenvalue weighted by molar-refractivity contribution is -0.121. The van der Waals surface area contributed by atoms with Crippen LogP contribution in [-0.4, -0.2) is 11.6 Å². The van der Waals surface area contributed by atoms with Gasteiger partial charge in [0.05, 0.1) is 11.6 Å². The van der Waals surface area contributed by atoms with Crippen molar-refractivity contribution in [1.29, 1.82) is 0 Å². The first-order valence-electron chi connectivity index (χ1n) is 9.08. The van der Waals surface area contributed by atoms with Crippen molar-refractivity contribution in [2.75, 3.05) is 0 Å². The molecule has 0 spiro atoms. The average Bonchev–Trinajstić information content (AvgIpc) is 2.70. The zero-order valence-corrected chi connectivity index (χ0v) is 15.9. The zero-order valence-electron chi connectivity index (χ0n) is 15.9. The van der Waals surface area contributed by atoms with E-state index in [1.165, 1.54) is 11.1 Å². The summed E-state index contributed by atoms with van der Waals surface area (Å²) in [6.07, 6.45) is 0. The van der Waals surface area contributed by atoms with E-state index in [9.17, 15) is 4.79 Å². The first kappa shape index (κ1) is 18.6. The summed E-state index contributed by atoms with van der Waals surface area (Å²) in [5.74, 6) is -0.542. The number of nitrogens with zero attached hydrogens (tertiary/aromatic N) is 1.